The average Bonchev–Trinajstić information content (AvgIpc) is 2.35. The summed E-state index contributed by atoms with van der Waals surface area (Å²) < 4.78 is 0. The van der Waals surface area contributed by atoms with Crippen LogP contribution in [0.3, 0.4) is 0 Å². The molecule has 1 aromatic rings. The van der Waals surface area contributed by atoms with Crippen LogP contribution in [0.2, 0.25) is 0 Å². The van der Waals surface area contributed by atoms with Gasteiger partial charge in [0, 0.05) is 0 Å². The van der Waals surface area contributed by atoms with Crippen LogP contribution in [0.25, 0.3) is 0 Å². The van der Waals surface area contributed by atoms with Gasteiger partial charge in [-0.3, -0.25) is 5.10 Å². The Morgan fingerprint density at radius 1 is 1.91 bits per heavy atom. The molecule has 0 saturated heterocycles. The highest BCUT2D eigenvalue weighted by Gasteiger charge is 2.08. The molecule has 1 aromatic heterocycles. The molecule has 0 fully saturated rings. The van der Waals surface area contributed by atoms with Crippen molar-refractivity contribution in [3.05, 3.63) is 12.2 Å². The number of aromatic amines is 1. The summed E-state index contributed by atoms with van der Waals surface area (Å²) in [6, 6.07) is -0.802. The molecule has 0 aliphatic heterocycles. The van der Waals surface area contributed by atoms with Crippen molar-refractivity contribution in [1.29, 1.82) is 0 Å². The van der Waals surface area contributed by atoms with Crippen molar-refractivity contribution in [3.63, 3.8) is 0 Å². The van der Waals surface area contributed by atoms with E-state index in [1.165, 1.54) is 6.33 Å². The van der Waals surface area contributed by atoms with Crippen LogP contribution in [0.1, 0.15) is 18.8 Å². The molecule has 0 aliphatic rings. The van der Waals surface area contributed by atoms with Crippen LogP contribution in [0.5, 0.6) is 0 Å². The van der Waals surface area contributed by atoms with Crippen molar-refractivity contribution < 1.29 is 4.79 Å². The van der Waals surface area contributed by atoms with E-state index in [2.05, 4.69) is 20.5 Å². The van der Waals surface area contributed by atoms with Crippen LogP contribution in [0, 0.1) is 0 Å². The molecule has 1 heterocycles. The lowest BCUT2D eigenvalue weighted by Gasteiger charge is -2.06. The molecule has 0 bridgehead atoms. The van der Waals surface area contributed by atoms with E-state index in [1.807, 2.05) is 0 Å². The first kappa shape index (κ1) is 7.52. The first-order valence-corrected chi connectivity index (χ1v) is 3.11. The number of hydrogen-bond acceptors (Lipinski definition) is 3. The fourth-order valence-corrected chi connectivity index (χ4v) is 0.705. The van der Waals surface area contributed by atoms with Gasteiger partial charge >= 0.3 is 6.03 Å². The summed E-state index contributed by atoms with van der Waals surface area (Å²) in [6.45, 7) is 1.76. The van der Waals surface area contributed by atoms with Gasteiger partial charge in [0.25, 0.3) is 0 Å². The van der Waals surface area contributed by atoms with Crippen LogP contribution < -0.4 is 11.1 Å². The molecule has 4 N–H and O–H groups in total. The summed E-state index contributed by atoms with van der Waals surface area (Å²) in [6.07, 6.45) is 1.37. The third kappa shape index (κ3) is 1.92. The summed E-state index contributed by atoms with van der Waals surface area (Å²) in [5, 5.41) is 8.68. The Morgan fingerprint density at radius 3 is 3.09 bits per heavy atom. The van der Waals surface area contributed by atoms with Gasteiger partial charge in [-0.25, -0.2) is 9.78 Å². The molecule has 1 unspecified atom stereocenters. The Bertz CT molecular complexity index is 231. The lowest BCUT2D eigenvalue weighted by atomic mass is 10.3. The molecule has 0 spiro atoms. The second-order valence-corrected chi connectivity index (χ2v) is 2.10. The second kappa shape index (κ2) is 3.00. The fourth-order valence-electron chi connectivity index (χ4n) is 0.705. The number of nitrogens with one attached hydrogen (secondary N) is 2. The van der Waals surface area contributed by atoms with Crippen molar-refractivity contribution in [2.24, 2.45) is 5.73 Å². The average molecular weight is 155 g/mol. The van der Waals surface area contributed by atoms with Gasteiger partial charge in [-0.15, -0.1) is 0 Å². The molecule has 0 aliphatic carbocycles. The van der Waals surface area contributed by atoms with Gasteiger partial charge in [-0.05, 0) is 6.92 Å². The second-order valence-electron chi connectivity index (χ2n) is 2.10. The Morgan fingerprint density at radius 2 is 2.64 bits per heavy atom. The summed E-state index contributed by atoms with van der Waals surface area (Å²) in [5.74, 6) is 0.587. The number of nitrogens with zero attached hydrogens (tertiary/aromatic N) is 2. The van der Waals surface area contributed by atoms with Crippen molar-refractivity contribution in [1.82, 2.24) is 20.5 Å². The lowest BCUT2D eigenvalue weighted by molar-refractivity contribution is 0.245. The summed E-state index contributed by atoms with van der Waals surface area (Å²) in [5.41, 5.74) is 4.89. The molecular weight excluding hydrogens is 146 g/mol. The predicted octanol–water partition coefficient (Wildman–Crippen LogP) is -0.466. The molecule has 0 aromatic carbocycles. The maximum atomic E-state index is 10.4. The zero-order valence-electron chi connectivity index (χ0n) is 6.03. The number of aromatic nitrogens is 3. The van der Waals surface area contributed by atoms with Crippen molar-refractivity contribution in [2.45, 2.75) is 13.0 Å². The van der Waals surface area contributed by atoms with Gasteiger partial charge in [-0.2, -0.15) is 5.10 Å². The molecule has 2 amide bonds. The maximum Gasteiger partial charge on any atom is 0.312 e. The molecule has 1 rings (SSSR count). The van der Waals surface area contributed by atoms with E-state index in [-0.39, 0.29) is 6.04 Å². The first-order valence-electron chi connectivity index (χ1n) is 3.11. The number of primary amides is 1. The monoisotopic (exact) mass is 155 g/mol. The number of urea groups is 1. The van der Waals surface area contributed by atoms with Gasteiger partial charge in [0.15, 0.2) is 0 Å². The molecule has 0 radical (unpaired) electrons. The molecule has 1 atom stereocenters. The van der Waals surface area contributed by atoms with Crippen molar-refractivity contribution in [2.75, 3.05) is 0 Å². The van der Waals surface area contributed by atoms with Gasteiger partial charge in [0.2, 0.25) is 0 Å². The van der Waals surface area contributed by atoms with Crippen molar-refractivity contribution in [3.8, 4) is 0 Å². The molecule has 6 heteroatoms. The van der Waals surface area contributed by atoms with Crippen LogP contribution in [0.15, 0.2) is 6.33 Å². The SMILES string of the molecule is CC(NC(N)=O)c1ncn[nH]1. The Labute approximate surface area is 63.2 Å². The molecule has 6 nitrogen and oxygen atoms in total. The number of carbonyl (C=O) groups excluding carboxylic acids is 1. The minimum Gasteiger partial charge on any atom is -0.352 e. The Kier molecular flexibility index (Phi) is 2.05. The normalized spacial score (nSPS) is 12.5. The quantitative estimate of drug-likeness (QED) is 0.538. The lowest BCUT2D eigenvalue weighted by Crippen LogP contribution is -2.32. The number of carbonyl (C=O) groups is 1. The number of hydrogen-bond donors (Lipinski definition) is 3. The van der Waals surface area contributed by atoms with E-state index in [0.29, 0.717) is 5.82 Å². The molecule has 11 heavy (non-hydrogen) atoms. The van der Waals surface area contributed by atoms with Crippen LogP contribution in [-0.2, 0) is 0 Å². The summed E-state index contributed by atoms with van der Waals surface area (Å²) >= 11 is 0. The zero-order chi connectivity index (χ0) is 8.27. The number of rotatable bonds is 2. The molecule has 60 valence electrons. The summed E-state index contributed by atoms with van der Waals surface area (Å²) in [4.78, 5) is 14.2. The summed E-state index contributed by atoms with van der Waals surface area (Å²) in [7, 11) is 0. The number of nitrogens with two attached hydrogens (primary N) is 1. The van der Waals surface area contributed by atoms with Gasteiger partial charge in [0.1, 0.15) is 12.2 Å². The largest absolute Gasteiger partial charge is 0.352 e. The van der Waals surface area contributed by atoms with Gasteiger partial charge in [0.05, 0.1) is 6.04 Å². The highest BCUT2D eigenvalue weighted by Crippen LogP contribution is 2.02. The zero-order valence-corrected chi connectivity index (χ0v) is 6.03. The highest BCUT2D eigenvalue weighted by molar-refractivity contribution is 5.71. The third-order valence-corrected chi connectivity index (χ3v) is 1.20. The van der Waals surface area contributed by atoms with Crippen LogP contribution in [-0.4, -0.2) is 21.2 Å². The predicted molar refractivity (Wildman–Crippen MR) is 37.5 cm³/mol. The smallest absolute Gasteiger partial charge is 0.312 e. The van der Waals surface area contributed by atoms with E-state index in [4.69, 9.17) is 5.73 Å². The third-order valence-electron chi connectivity index (χ3n) is 1.20. The van der Waals surface area contributed by atoms with E-state index in [0.717, 1.165) is 0 Å². The van der Waals surface area contributed by atoms with Gasteiger partial charge in [-0.1, -0.05) is 0 Å². The van der Waals surface area contributed by atoms with Crippen LogP contribution in [0.4, 0.5) is 4.79 Å². The fraction of sp³-hybridized carbons (Fsp3) is 0.400. The minimum absolute atomic E-state index is 0.227. The van der Waals surface area contributed by atoms with E-state index >= 15 is 0 Å². The van der Waals surface area contributed by atoms with E-state index < -0.39 is 6.03 Å². The molecule has 0 saturated carbocycles. The number of amides is 2. The maximum absolute atomic E-state index is 10.4. The number of H-pyrrole nitrogens is 1. The van der Waals surface area contributed by atoms with E-state index in [1.54, 1.807) is 6.92 Å². The Balaban J connectivity index is 2.56. The van der Waals surface area contributed by atoms with Crippen molar-refractivity contribution >= 4 is 6.03 Å². The standard InChI is InChI=1S/C5H9N5O/c1-3(9-5(6)11)4-7-2-8-10-4/h2-3H,1H3,(H3,6,9,11)(H,7,8,10). The first-order chi connectivity index (χ1) is 5.20. The topological polar surface area (TPSA) is 96.7 Å². The van der Waals surface area contributed by atoms with Gasteiger partial charge < -0.3 is 11.1 Å². The Hall–Kier alpha value is -1.59. The van der Waals surface area contributed by atoms with Crippen LogP contribution >= 0.6 is 0 Å². The highest BCUT2D eigenvalue weighted by atomic mass is 16.2. The van der Waals surface area contributed by atoms with E-state index in [9.17, 15) is 4.79 Å². The molecular formula is C5H9N5O. The minimum atomic E-state index is -0.575.